The van der Waals surface area contributed by atoms with Crippen LogP contribution in [-0.2, 0) is 0 Å². The first kappa shape index (κ1) is 15.5. The standard InChI is InChI=1S/C17H20ClNO2/c1-3-9-21-17-8-7-14(18)11-16(17)19-12(2)13-5-4-6-15(20)10-13/h4-8,10-12,19-20H,3,9H2,1-2H3. The molecule has 3 nitrogen and oxygen atoms in total. The van der Waals surface area contributed by atoms with E-state index in [9.17, 15) is 5.11 Å². The number of phenols is 1. The largest absolute Gasteiger partial charge is 0.508 e. The minimum Gasteiger partial charge on any atom is -0.508 e. The normalized spacial score (nSPS) is 12.0. The van der Waals surface area contributed by atoms with Gasteiger partial charge in [-0.25, -0.2) is 0 Å². The SMILES string of the molecule is CCCOc1ccc(Cl)cc1NC(C)c1cccc(O)c1. The fourth-order valence-corrected chi connectivity index (χ4v) is 2.24. The van der Waals surface area contributed by atoms with Gasteiger partial charge in [0.25, 0.3) is 0 Å². The molecule has 0 aliphatic rings. The van der Waals surface area contributed by atoms with Crippen LogP contribution in [0.5, 0.6) is 11.5 Å². The third-order valence-corrected chi connectivity index (χ3v) is 3.38. The maximum absolute atomic E-state index is 9.57. The highest BCUT2D eigenvalue weighted by Gasteiger charge is 2.10. The molecule has 1 atom stereocenters. The average molecular weight is 306 g/mol. The second kappa shape index (κ2) is 7.23. The number of anilines is 1. The molecule has 0 aliphatic carbocycles. The molecule has 0 radical (unpaired) electrons. The summed E-state index contributed by atoms with van der Waals surface area (Å²) in [4.78, 5) is 0. The van der Waals surface area contributed by atoms with Crippen molar-refractivity contribution < 1.29 is 9.84 Å². The summed E-state index contributed by atoms with van der Waals surface area (Å²) in [6, 6.07) is 12.8. The number of nitrogens with one attached hydrogen (secondary N) is 1. The number of hydrogen-bond acceptors (Lipinski definition) is 3. The van der Waals surface area contributed by atoms with Crippen molar-refractivity contribution in [2.24, 2.45) is 0 Å². The van der Waals surface area contributed by atoms with Gasteiger partial charge in [0.2, 0.25) is 0 Å². The van der Waals surface area contributed by atoms with E-state index in [0.29, 0.717) is 11.6 Å². The lowest BCUT2D eigenvalue weighted by Crippen LogP contribution is -2.08. The average Bonchev–Trinajstić information content (AvgIpc) is 2.46. The van der Waals surface area contributed by atoms with Crippen molar-refractivity contribution in [3.8, 4) is 11.5 Å². The first-order valence-corrected chi connectivity index (χ1v) is 7.45. The first-order valence-electron chi connectivity index (χ1n) is 7.08. The maximum Gasteiger partial charge on any atom is 0.142 e. The molecule has 1 unspecified atom stereocenters. The van der Waals surface area contributed by atoms with Gasteiger partial charge in [-0.15, -0.1) is 0 Å². The molecule has 2 N–H and O–H groups in total. The summed E-state index contributed by atoms with van der Waals surface area (Å²) in [5.74, 6) is 1.04. The molecule has 2 rings (SSSR count). The maximum atomic E-state index is 9.57. The van der Waals surface area contributed by atoms with E-state index in [-0.39, 0.29) is 11.8 Å². The smallest absolute Gasteiger partial charge is 0.142 e. The molecule has 0 amide bonds. The van der Waals surface area contributed by atoms with Crippen LogP contribution in [0.1, 0.15) is 31.9 Å². The van der Waals surface area contributed by atoms with Gasteiger partial charge in [-0.1, -0.05) is 30.7 Å². The molecule has 4 heteroatoms. The lowest BCUT2D eigenvalue weighted by atomic mass is 10.1. The van der Waals surface area contributed by atoms with Crippen molar-refractivity contribution in [1.82, 2.24) is 0 Å². The minimum atomic E-state index is 0.0274. The van der Waals surface area contributed by atoms with E-state index in [1.165, 1.54) is 0 Å². The Kier molecular flexibility index (Phi) is 5.34. The van der Waals surface area contributed by atoms with Crippen LogP contribution in [0, 0.1) is 0 Å². The van der Waals surface area contributed by atoms with E-state index in [1.807, 2.05) is 37.3 Å². The Labute approximate surface area is 130 Å². The van der Waals surface area contributed by atoms with Gasteiger partial charge in [-0.05, 0) is 49.2 Å². The molecule has 21 heavy (non-hydrogen) atoms. The van der Waals surface area contributed by atoms with Crippen LogP contribution in [-0.4, -0.2) is 11.7 Å². The Morgan fingerprint density at radius 1 is 1.24 bits per heavy atom. The lowest BCUT2D eigenvalue weighted by molar-refractivity contribution is 0.318. The predicted molar refractivity (Wildman–Crippen MR) is 87.4 cm³/mol. The Morgan fingerprint density at radius 3 is 2.76 bits per heavy atom. The van der Waals surface area contributed by atoms with E-state index in [1.54, 1.807) is 12.1 Å². The van der Waals surface area contributed by atoms with Crippen LogP contribution in [0.3, 0.4) is 0 Å². The highest BCUT2D eigenvalue weighted by atomic mass is 35.5. The summed E-state index contributed by atoms with van der Waals surface area (Å²) in [5.41, 5.74) is 1.85. The van der Waals surface area contributed by atoms with Gasteiger partial charge in [0.05, 0.1) is 12.3 Å². The number of benzene rings is 2. The van der Waals surface area contributed by atoms with E-state index < -0.39 is 0 Å². The predicted octanol–water partition coefficient (Wildman–Crippen LogP) is 5.01. The fraction of sp³-hybridized carbons (Fsp3) is 0.294. The van der Waals surface area contributed by atoms with Gasteiger partial charge in [0.15, 0.2) is 0 Å². The Hall–Kier alpha value is -1.87. The van der Waals surface area contributed by atoms with Crippen LogP contribution in [0.4, 0.5) is 5.69 Å². The van der Waals surface area contributed by atoms with Crippen molar-refractivity contribution in [2.45, 2.75) is 26.3 Å². The summed E-state index contributed by atoms with van der Waals surface area (Å²) in [6.07, 6.45) is 0.949. The van der Waals surface area contributed by atoms with Crippen LogP contribution >= 0.6 is 11.6 Å². The summed E-state index contributed by atoms with van der Waals surface area (Å²) in [5, 5.41) is 13.6. The van der Waals surface area contributed by atoms with Gasteiger partial charge in [0.1, 0.15) is 11.5 Å². The van der Waals surface area contributed by atoms with Gasteiger partial charge < -0.3 is 15.2 Å². The summed E-state index contributed by atoms with van der Waals surface area (Å²) >= 11 is 6.07. The lowest BCUT2D eigenvalue weighted by Gasteiger charge is -2.19. The molecule has 0 aliphatic heterocycles. The molecule has 2 aromatic rings. The third kappa shape index (κ3) is 4.30. The molecule has 0 heterocycles. The zero-order valence-corrected chi connectivity index (χ0v) is 13.0. The monoisotopic (exact) mass is 305 g/mol. The Balaban J connectivity index is 2.19. The molecule has 0 bridgehead atoms. The second-order valence-corrected chi connectivity index (χ2v) is 5.39. The number of rotatable bonds is 6. The van der Waals surface area contributed by atoms with E-state index in [2.05, 4.69) is 12.2 Å². The quantitative estimate of drug-likeness (QED) is 0.788. The highest BCUT2D eigenvalue weighted by Crippen LogP contribution is 2.31. The van der Waals surface area contributed by atoms with Gasteiger partial charge in [0, 0.05) is 11.1 Å². The first-order chi connectivity index (χ1) is 10.1. The molecule has 112 valence electrons. The van der Waals surface area contributed by atoms with Crippen molar-refractivity contribution in [3.05, 3.63) is 53.1 Å². The summed E-state index contributed by atoms with van der Waals surface area (Å²) in [6.45, 7) is 4.76. The van der Waals surface area contributed by atoms with Crippen molar-refractivity contribution in [1.29, 1.82) is 0 Å². The number of hydrogen-bond donors (Lipinski definition) is 2. The minimum absolute atomic E-state index is 0.0274. The van der Waals surface area contributed by atoms with Crippen molar-refractivity contribution in [3.63, 3.8) is 0 Å². The molecule has 0 saturated heterocycles. The molecular weight excluding hydrogens is 286 g/mol. The van der Waals surface area contributed by atoms with Crippen molar-refractivity contribution >= 4 is 17.3 Å². The molecule has 0 saturated carbocycles. The van der Waals surface area contributed by atoms with Gasteiger partial charge >= 0.3 is 0 Å². The zero-order chi connectivity index (χ0) is 15.2. The van der Waals surface area contributed by atoms with E-state index >= 15 is 0 Å². The topological polar surface area (TPSA) is 41.5 Å². The van der Waals surface area contributed by atoms with E-state index in [0.717, 1.165) is 23.4 Å². The Morgan fingerprint density at radius 2 is 2.05 bits per heavy atom. The molecule has 0 fully saturated rings. The number of halogens is 1. The molecular formula is C17H20ClNO2. The van der Waals surface area contributed by atoms with Crippen LogP contribution in [0.25, 0.3) is 0 Å². The van der Waals surface area contributed by atoms with Crippen LogP contribution < -0.4 is 10.1 Å². The molecule has 0 aromatic heterocycles. The van der Waals surface area contributed by atoms with E-state index in [4.69, 9.17) is 16.3 Å². The summed E-state index contributed by atoms with van der Waals surface area (Å²) < 4.78 is 5.73. The van der Waals surface area contributed by atoms with Crippen LogP contribution in [0.15, 0.2) is 42.5 Å². The highest BCUT2D eigenvalue weighted by molar-refractivity contribution is 6.30. The van der Waals surface area contributed by atoms with Gasteiger partial charge in [-0.3, -0.25) is 0 Å². The zero-order valence-electron chi connectivity index (χ0n) is 12.3. The number of phenolic OH excluding ortho intramolecular Hbond substituents is 1. The number of ether oxygens (including phenoxy) is 1. The fourth-order valence-electron chi connectivity index (χ4n) is 2.06. The van der Waals surface area contributed by atoms with Crippen LogP contribution in [0.2, 0.25) is 5.02 Å². The number of aromatic hydroxyl groups is 1. The second-order valence-electron chi connectivity index (χ2n) is 4.95. The summed E-state index contributed by atoms with van der Waals surface area (Å²) in [7, 11) is 0. The Bertz CT molecular complexity index is 601. The van der Waals surface area contributed by atoms with Crippen molar-refractivity contribution in [2.75, 3.05) is 11.9 Å². The van der Waals surface area contributed by atoms with Gasteiger partial charge in [-0.2, -0.15) is 0 Å². The molecule has 2 aromatic carbocycles. The third-order valence-electron chi connectivity index (χ3n) is 3.15. The molecule has 0 spiro atoms.